The Morgan fingerprint density at radius 3 is 3.22 bits per heavy atom. The van der Waals surface area contributed by atoms with Crippen LogP contribution in [-0.4, -0.2) is 51.1 Å². The van der Waals surface area contributed by atoms with E-state index in [0.29, 0.717) is 42.0 Å². The first kappa shape index (κ1) is 17.7. The van der Waals surface area contributed by atoms with Crippen molar-refractivity contribution in [2.45, 2.75) is 25.7 Å². The Morgan fingerprint density at radius 1 is 1.44 bits per heavy atom. The van der Waals surface area contributed by atoms with Crippen molar-refractivity contribution in [2.75, 3.05) is 24.5 Å². The van der Waals surface area contributed by atoms with Crippen LogP contribution in [0.2, 0.25) is 5.02 Å². The number of hydrogen-bond donors (Lipinski definition) is 2. The fourth-order valence-electron chi connectivity index (χ4n) is 3.28. The Bertz CT molecular complexity index is 911. The second-order valence-electron chi connectivity index (χ2n) is 6.62. The molecule has 4 rings (SSSR count). The van der Waals surface area contributed by atoms with Crippen LogP contribution < -0.4 is 10.2 Å². The molecule has 2 N–H and O–H groups in total. The molecular weight excluding hydrogens is 370 g/mol. The number of benzene rings is 1. The first-order chi connectivity index (χ1) is 13.2. The lowest BCUT2D eigenvalue weighted by Crippen LogP contribution is -2.43. The molecule has 27 heavy (non-hydrogen) atoms. The average Bonchev–Trinajstić information content (AvgIpc) is 3.34. The maximum absolute atomic E-state index is 12.5. The van der Waals surface area contributed by atoms with Gasteiger partial charge in [-0.25, -0.2) is 0 Å². The molecule has 1 saturated heterocycles. The maximum atomic E-state index is 12.5. The summed E-state index contributed by atoms with van der Waals surface area (Å²) in [5.74, 6) is 0.638. The summed E-state index contributed by atoms with van der Waals surface area (Å²) in [6.07, 6.45) is 3.23. The lowest BCUT2D eigenvalue weighted by atomic mass is 9.97. The fraction of sp³-hybridized carbons (Fsp3) is 0.471. The first-order valence-corrected chi connectivity index (χ1v) is 9.38. The number of carbonyl (C=O) groups excluding carboxylic acids is 1. The predicted molar refractivity (Wildman–Crippen MR) is 99.5 cm³/mol. The van der Waals surface area contributed by atoms with E-state index in [0.717, 1.165) is 31.3 Å². The molecule has 1 aromatic carbocycles. The van der Waals surface area contributed by atoms with E-state index >= 15 is 0 Å². The highest BCUT2D eigenvalue weighted by Gasteiger charge is 2.28. The number of nitrogens with one attached hydrogen (secondary N) is 2. The van der Waals surface area contributed by atoms with E-state index in [-0.39, 0.29) is 11.8 Å². The van der Waals surface area contributed by atoms with Crippen molar-refractivity contribution in [2.24, 2.45) is 5.92 Å². The van der Waals surface area contributed by atoms with Crippen LogP contribution in [0.3, 0.4) is 0 Å². The van der Waals surface area contributed by atoms with E-state index in [4.69, 9.17) is 16.0 Å². The molecule has 1 unspecified atom stereocenters. The SMILES string of the molecule is O=C(NCCCc1nn[nH]n1)C1CCCN(c2nc3cc(Cl)ccc3o2)C1. The number of hydrogen-bond acceptors (Lipinski definition) is 7. The highest BCUT2D eigenvalue weighted by atomic mass is 35.5. The Hall–Kier alpha value is -2.68. The van der Waals surface area contributed by atoms with Crippen LogP contribution in [0.4, 0.5) is 6.01 Å². The van der Waals surface area contributed by atoms with E-state index in [1.54, 1.807) is 12.1 Å². The number of rotatable bonds is 6. The summed E-state index contributed by atoms with van der Waals surface area (Å²) in [5.41, 5.74) is 1.42. The number of oxazole rings is 1. The number of H-pyrrole nitrogens is 1. The first-order valence-electron chi connectivity index (χ1n) is 9.00. The van der Waals surface area contributed by atoms with Gasteiger partial charge in [0, 0.05) is 31.1 Å². The van der Waals surface area contributed by atoms with E-state index < -0.39 is 0 Å². The highest BCUT2D eigenvalue weighted by molar-refractivity contribution is 6.31. The third kappa shape index (κ3) is 4.19. The van der Waals surface area contributed by atoms with Gasteiger partial charge in [-0.1, -0.05) is 16.8 Å². The van der Waals surface area contributed by atoms with Gasteiger partial charge in [0.05, 0.1) is 5.92 Å². The summed E-state index contributed by atoms with van der Waals surface area (Å²) in [7, 11) is 0. The molecule has 0 bridgehead atoms. The van der Waals surface area contributed by atoms with Crippen molar-refractivity contribution >= 4 is 34.6 Å². The van der Waals surface area contributed by atoms with E-state index in [1.807, 2.05) is 11.0 Å². The number of fused-ring (bicyclic) bond motifs is 1. The molecule has 1 aliphatic rings. The average molecular weight is 390 g/mol. The van der Waals surface area contributed by atoms with Crippen molar-refractivity contribution in [3.8, 4) is 0 Å². The maximum Gasteiger partial charge on any atom is 0.298 e. The summed E-state index contributed by atoms with van der Waals surface area (Å²) in [6.45, 7) is 2.00. The Balaban J connectivity index is 1.32. The van der Waals surface area contributed by atoms with Gasteiger partial charge < -0.3 is 14.6 Å². The monoisotopic (exact) mass is 389 g/mol. The van der Waals surface area contributed by atoms with Gasteiger partial charge in [0.25, 0.3) is 6.01 Å². The Kier molecular flexibility index (Phi) is 5.19. The second kappa shape index (κ2) is 7.91. The van der Waals surface area contributed by atoms with Crippen LogP contribution in [0.15, 0.2) is 22.6 Å². The van der Waals surface area contributed by atoms with E-state index in [1.165, 1.54) is 0 Å². The van der Waals surface area contributed by atoms with Crippen molar-refractivity contribution < 1.29 is 9.21 Å². The van der Waals surface area contributed by atoms with Crippen LogP contribution in [0, 0.1) is 5.92 Å². The number of piperidine rings is 1. The van der Waals surface area contributed by atoms with Crippen molar-refractivity contribution in [3.05, 3.63) is 29.0 Å². The molecule has 3 aromatic rings. The highest BCUT2D eigenvalue weighted by Crippen LogP contribution is 2.27. The number of aryl methyl sites for hydroxylation is 1. The smallest absolute Gasteiger partial charge is 0.298 e. The number of halogens is 1. The van der Waals surface area contributed by atoms with Crippen molar-refractivity contribution in [1.82, 2.24) is 30.9 Å². The van der Waals surface area contributed by atoms with Gasteiger partial charge in [0.2, 0.25) is 5.91 Å². The van der Waals surface area contributed by atoms with Crippen molar-refractivity contribution in [1.29, 1.82) is 0 Å². The Labute approximate surface area is 160 Å². The second-order valence-corrected chi connectivity index (χ2v) is 7.05. The van der Waals surface area contributed by atoms with Gasteiger partial charge in [0.15, 0.2) is 11.4 Å². The number of nitrogens with zero attached hydrogens (tertiary/aromatic N) is 5. The summed E-state index contributed by atoms with van der Waals surface area (Å²) in [6, 6.07) is 5.91. The molecule has 142 valence electrons. The molecule has 1 amide bonds. The minimum Gasteiger partial charge on any atom is -0.423 e. The topological polar surface area (TPSA) is 113 Å². The third-order valence-electron chi connectivity index (χ3n) is 4.67. The minimum atomic E-state index is -0.0810. The molecule has 9 nitrogen and oxygen atoms in total. The molecule has 2 aromatic heterocycles. The standard InChI is InChI=1S/C17H20ClN7O2/c18-12-5-6-14-13(9-12)20-17(27-14)25-8-2-3-11(10-25)16(26)19-7-1-4-15-21-23-24-22-15/h5-6,9,11H,1-4,7-8,10H2,(H,19,26)(H,21,22,23,24). The molecule has 0 radical (unpaired) electrons. The van der Waals surface area contributed by atoms with Gasteiger partial charge in [-0.05, 0) is 37.5 Å². The number of carbonyl (C=O) groups is 1. The summed E-state index contributed by atoms with van der Waals surface area (Å²) < 4.78 is 5.83. The number of anilines is 1. The van der Waals surface area contributed by atoms with Gasteiger partial charge >= 0.3 is 0 Å². The molecule has 1 fully saturated rings. The normalized spacial score (nSPS) is 17.4. The molecule has 0 spiro atoms. The number of aromatic nitrogens is 5. The van der Waals surface area contributed by atoms with Crippen LogP contribution in [0.1, 0.15) is 25.1 Å². The Morgan fingerprint density at radius 2 is 2.37 bits per heavy atom. The third-order valence-corrected chi connectivity index (χ3v) is 4.90. The van der Waals surface area contributed by atoms with Gasteiger partial charge in [0.1, 0.15) is 5.52 Å². The molecule has 0 aliphatic carbocycles. The summed E-state index contributed by atoms with van der Waals surface area (Å²) >= 11 is 6.01. The van der Waals surface area contributed by atoms with Gasteiger partial charge in [-0.15, -0.1) is 10.2 Å². The lowest BCUT2D eigenvalue weighted by molar-refractivity contribution is -0.125. The zero-order valence-electron chi connectivity index (χ0n) is 14.7. The number of tetrazole rings is 1. The van der Waals surface area contributed by atoms with Gasteiger partial charge in [-0.2, -0.15) is 10.2 Å². The molecule has 10 heteroatoms. The van der Waals surface area contributed by atoms with Crippen LogP contribution in [-0.2, 0) is 11.2 Å². The number of amides is 1. The molecule has 1 atom stereocenters. The quantitative estimate of drug-likeness (QED) is 0.619. The van der Waals surface area contributed by atoms with Crippen LogP contribution in [0.5, 0.6) is 0 Å². The van der Waals surface area contributed by atoms with Crippen LogP contribution in [0.25, 0.3) is 11.1 Å². The fourth-order valence-corrected chi connectivity index (χ4v) is 3.45. The number of aromatic amines is 1. The van der Waals surface area contributed by atoms with E-state index in [2.05, 4.69) is 30.9 Å². The largest absolute Gasteiger partial charge is 0.423 e. The molecule has 0 saturated carbocycles. The minimum absolute atomic E-state index is 0.0620. The predicted octanol–water partition coefficient (Wildman–Crippen LogP) is 1.96. The molecule has 3 heterocycles. The lowest BCUT2D eigenvalue weighted by Gasteiger charge is -2.30. The summed E-state index contributed by atoms with van der Waals surface area (Å²) in [5, 5.41) is 17.4. The molecular formula is C17H20ClN7O2. The summed E-state index contributed by atoms with van der Waals surface area (Å²) in [4.78, 5) is 19.0. The zero-order valence-corrected chi connectivity index (χ0v) is 15.4. The van der Waals surface area contributed by atoms with Crippen molar-refractivity contribution in [3.63, 3.8) is 0 Å². The van der Waals surface area contributed by atoms with Crippen LogP contribution >= 0.6 is 11.6 Å². The van der Waals surface area contributed by atoms with Gasteiger partial charge in [-0.3, -0.25) is 4.79 Å². The molecule has 1 aliphatic heterocycles. The zero-order chi connectivity index (χ0) is 18.6. The van der Waals surface area contributed by atoms with E-state index in [9.17, 15) is 4.79 Å².